The van der Waals surface area contributed by atoms with Gasteiger partial charge >= 0.3 is 0 Å². The fraction of sp³-hybridized carbons (Fsp3) is 0.371. The lowest BCUT2D eigenvalue weighted by molar-refractivity contribution is -0.128. The fourth-order valence-electron chi connectivity index (χ4n) is 6.79. The summed E-state index contributed by atoms with van der Waals surface area (Å²) in [6.45, 7) is 4.77. The molecule has 220 valence electrons. The first-order valence-corrected chi connectivity index (χ1v) is 15.3. The molecule has 2 fully saturated rings. The number of allylic oxidation sites excluding steroid dienone is 1. The van der Waals surface area contributed by atoms with Gasteiger partial charge < -0.3 is 14.7 Å². The van der Waals surface area contributed by atoms with Crippen LogP contribution in [0.1, 0.15) is 42.4 Å². The van der Waals surface area contributed by atoms with Crippen molar-refractivity contribution < 1.29 is 9.59 Å². The first-order valence-electron chi connectivity index (χ1n) is 14.9. The van der Waals surface area contributed by atoms with E-state index in [1.165, 1.54) is 16.7 Å². The minimum absolute atomic E-state index is 0. The number of piperidine rings is 1. The SMILES string of the molecule is Cl.O=C1CC(C(=O)N(CCCN2CCC3(C=Cc4ccccc43)CC2)c2cccc(Cl)c2)CN1CCc1ccccc1. The third kappa shape index (κ3) is 6.59. The van der Waals surface area contributed by atoms with E-state index in [2.05, 4.69) is 53.5 Å². The van der Waals surface area contributed by atoms with E-state index < -0.39 is 0 Å². The molecule has 0 bridgehead atoms. The van der Waals surface area contributed by atoms with Crippen LogP contribution in [0.5, 0.6) is 0 Å². The smallest absolute Gasteiger partial charge is 0.232 e. The average Bonchev–Trinajstić information content (AvgIpc) is 3.56. The molecule has 5 nitrogen and oxygen atoms in total. The molecule has 3 aromatic rings. The number of hydrogen-bond donors (Lipinski definition) is 0. The Labute approximate surface area is 260 Å². The molecule has 0 aromatic heterocycles. The van der Waals surface area contributed by atoms with Crippen molar-refractivity contribution in [1.82, 2.24) is 9.80 Å². The lowest BCUT2D eigenvalue weighted by Crippen LogP contribution is -2.43. The van der Waals surface area contributed by atoms with Gasteiger partial charge in [0.2, 0.25) is 11.8 Å². The monoisotopic (exact) mass is 603 g/mol. The zero-order chi connectivity index (χ0) is 28.2. The summed E-state index contributed by atoms with van der Waals surface area (Å²) in [5.41, 5.74) is 5.02. The zero-order valence-electron chi connectivity index (χ0n) is 24.0. The molecule has 1 atom stereocenters. The van der Waals surface area contributed by atoms with Crippen LogP contribution in [0.15, 0.2) is 84.9 Å². The molecule has 3 aromatic carbocycles. The molecular formula is C35H39Cl2N3O2. The van der Waals surface area contributed by atoms with E-state index >= 15 is 0 Å². The Bertz CT molecular complexity index is 1420. The Kier molecular flexibility index (Phi) is 9.72. The number of rotatable bonds is 9. The minimum atomic E-state index is -0.332. The van der Waals surface area contributed by atoms with Gasteiger partial charge in [-0.1, -0.05) is 84.4 Å². The van der Waals surface area contributed by atoms with Gasteiger partial charge in [-0.25, -0.2) is 0 Å². The maximum atomic E-state index is 13.9. The maximum Gasteiger partial charge on any atom is 0.232 e. The lowest BCUT2D eigenvalue weighted by atomic mass is 9.74. The number of halogens is 2. The van der Waals surface area contributed by atoms with Gasteiger partial charge in [0.1, 0.15) is 0 Å². The summed E-state index contributed by atoms with van der Waals surface area (Å²) in [5.74, 6) is -0.246. The van der Waals surface area contributed by atoms with Crippen LogP contribution in [-0.4, -0.2) is 60.9 Å². The molecule has 2 aliphatic heterocycles. The van der Waals surface area contributed by atoms with Crippen molar-refractivity contribution in [3.8, 4) is 0 Å². The van der Waals surface area contributed by atoms with Crippen LogP contribution in [0.4, 0.5) is 5.69 Å². The normalized spacial score (nSPS) is 19.1. The summed E-state index contributed by atoms with van der Waals surface area (Å²) in [5, 5.41) is 0.610. The van der Waals surface area contributed by atoms with E-state index in [0.29, 0.717) is 24.7 Å². The molecule has 0 radical (unpaired) electrons. The predicted molar refractivity (Wildman–Crippen MR) is 173 cm³/mol. The Balaban J connectivity index is 0.00000353. The van der Waals surface area contributed by atoms with E-state index in [1.54, 1.807) is 0 Å². The maximum absolute atomic E-state index is 13.9. The van der Waals surface area contributed by atoms with Gasteiger partial charge in [-0.3, -0.25) is 9.59 Å². The van der Waals surface area contributed by atoms with Gasteiger partial charge in [-0.05, 0) is 80.2 Å². The quantitative estimate of drug-likeness (QED) is 0.275. The van der Waals surface area contributed by atoms with Crippen LogP contribution in [0.2, 0.25) is 5.02 Å². The number of benzene rings is 3. The summed E-state index contributed by atoms with van der Waals surface area (Å²) < 4.78 is 0. The molecule has 1 aliphatic carbocycles. The molecule has 3 aliphatic rings. The summed E-state index contributed by atoms with van der Waals surface area (Å²) in [6, 6.07) is 26.5. The van der Waals surface area contributed by atoms with Gasteiger partial charge in [0, 0.05) is 42.2 Å². The molecule has 2 amide bonds. The molecule has 0 saturated carbocycles. The number of likely N-dealkylation sites (tertiary alicyclic amines) is 2. The zero-order valence-corrected chi connectivity index (χ0v) is 25.5. The molecular weight excluding hydrogens is 565 g/mol. The van der Waals surface area contributed by atoms with Crippen molar-refractivity contribution in [2.45, 2.75) is 37.5 Å². The highest BCUT2D eigenvalue weighted by atomic mass is 35.5. The number of fused-ring (bicyclic) bond motifs is 2. The first-order chi connectivity index (χ1) is 20.0. The number of carbonyl (C=O) groups excluding carboxylic acids is 2. The largest absolute Gasteiger partial charge is 0.342 e. The van der Waals surface area contributed by atoms with Crippen LogP contribution >= 0.6 is 24.0 Å². The molecule has 6 rings (SSSR count). The summed E-state index contributed by atoms with van der Waals surface area (Å²) >= 11 is 6.34. The summed E-state index contributed by atoms with van der Waals surface area (Å²) in [6.07, 6.45) is 8.89. The molecule has 2 saturated heterocycles. The molecule has 0 N–H and O–H groups in total. The van der Waals surface area contributed by atoms with Crippen molar-refractivity contribution in [2.75, 3.05) is 44.2 Å². The minimum Gasteiger partial charge on any atom is -0.342 e. The van der Waals surface area contributed by atoms with E-state index in [9.17, 15) is 9.59 Å². The summed E-state index contributed by atoms with van der Waals surface area (Å²) in [4.78, 5) is 33.0. The highest BCUT2D eigenvalue weighted by molar-refractivity contribution is 6.30. The highest BCUT2D eigenvalue weighted by Crippen LogP contribution is 2.43. The van der Waals surface area contributed by atoms with Crippen molar-refractivity contribution in [1.29, 1.82) is 0 Å². The van der Waals surface area contributed by atoms with E-state index in [-0.39, 0.29) is 42.0 Å². The standard InChI is InChI=1S/C35H38ClN3O2.ClH/c36-30-11-6-12-31(25-30)39(34(41)29-24-33(40)38(26-29)21-15-27-8-2-1-3-9-27)20-7-19-37-22-17-35(18-23-37)16-14-28-10-4-5-13-32(28)35;/h1-6,8-14,16,25,29H,7,15,17-24,26H2;1H. The predicted octanol–water partition coefficient (Wildman–Crippen LogP) is 6.64. The van der Waals surface area contributed by atoms with Crippen LogP contribution in [0.3, 0.4) is 0 Å². The van der Waals surface area contributed by atoms with Crippen molar-refractivity contribution in [3.63, 3.8) is 0 Å². The highest BCUT2D eigenvalue weighted by Gasteiger charge is 2.38. The van der Waals surface area contributed by atoms with Crippen LogP contribution in [-0.2, 0) is 21.4 Å². The number of anilines is 1. The fourth-order valence-corrected chi connectivity index (χ4v) is 6.98. The second-order valence-corrected chi connectivity index (χ2v) is 12.2. The Morgan fingerprint density at radius 3 is 2.50 bits per heavy atom. The third-order valence-electron chi connectivity index (χ3n) is 9.15. The lowest BCUT2D eigenvalue weighted by Gasteiger charge is -2.39. The molecule has 1 spiro atoms. The number of amides is 2. The van der Waals surface area contributed by atoms with Gasteiger partial charge in [-0.15, -0.1) is 12.4 Å². The van der Waals surface area contributed by atoms with Gasteiger partial charge in [0.15, 0.2) is 0 Å². The third-order valence-corrected chi connectivity index (χ3v) is 9.38. The van der Waals surface area contributed by atoms with Gasteiger partial charge in [-0.2, -0.15) is 0 Å². The van der Waals surface area contributed by atoms with Crippen LogP contribution in [0.25, 0.3) is 6.08 Å². The van der Waals surface area contributed by atoms with Gasteiger partial charge in [0.25, 0.3) is 0 Å². The Hall–Kier alpha value is -3.12. The van der Waals surface area contributed by atoms with Crippen molar-refractivity contribution in [2.24, 2.45) is 5.92 Å². The Morgan fingerprint density at radius 2 is 1.71 bits per heavy atom. The van der Waals surface area contributed by atoms with E-state index in [4.69, 9.17) is 11.6 Å². The van der Waals surface area contributed by atoms with Crippen molar-refractivity contribution >= 4 is 47.6 Å². The first kappa shape index (κ1) is 30.3. The molecule has 2 heterocycles. The van der Waals surface area contributed by atoms with Gasteiger partial charge in [0.05, 0.1) is 5.92 Å². The molecule has 42 heavy (non-hydrogen) atoms. The Morgan fingerprint density at radius 1 is 0.952 bits per heavy atom. The van der Waals surface area contributed by atoms with E-state index in [1.807, 2.05) is 52.3 Å². The average molecular weight is 605 g/mol. The molecule has 7 heteroatoms. The van der Waals surface area contributed by atoms with Crippen LogP contribution in [0, 0.1) is 5.92 Å². The molecule has 1 unspecified atom stereocenters. The number of hydrogen-bond acceptors (Lipinski definition) is 3. The number of nitrogens with zero attached hydrogens (tertiary/aromatic N) is 3. The second kappa shape index (κ2) is 13.5. The second-order valence-electron chi connectivity index (χ2n) is 11.7. The van der Waals surface area contributed by atoms with E-state index in [0.717, 1.165) is 51.0 Å². The van der Waals surface area contributed by atoms with Crippen molar-refractivity contribution in [3.05, 3.63) is 107 Å². The number of carbonyl (C=O) groups is 2. The summed E-state index contributed by atoms with van der Waals surface area (Å²) in [7, 11) is 0. The van der Waals surface area contributed by atoms with Crippen LogP contribution < -0.4 is 4.90 Å². The topological polar surface area (TPSA) is 43.9 Å².